The Balaban J connectivity index is 1.57. The molecule has 1 aliphatic heterocycles. The number of hydrogen-bond donors (Lipinski definition) is 1. The molecular formula is C29H31FN2O3. The van der Waals surface area contributed by atoms with Gasteiger partial charge in [-0.05, 0) is 77.9 Å². The van der Waals surface area contributed by atoms with Crippen LogP contribution in [0, 0.1) is 18.7 Å². The van der Waals surface area contributed by atoms with Crippen molar-refractivity contribution in [2.24, 2.45) is 5.92 Å². The maximum atomic E-state index is 14.2. The molecule has 0 radical (unpaired) electrons. The monoisotopic (exact) mass is 474 g/mol. The zero-order valence-corrected chi connectivity index (χ0v) is 20.4. The van der Waals surface area contributed by atoms with Crippen molar-refractivity contribution >= 4 is 17.5 Å². The van der Waals surface area contributed by atoms with Crippen LogP contribution in [0.1, 0.15) is 48.6 Å². The number of carbonyl (C=O) groups is 2. The molecule has 6 heteroatoms. The van der Waals surface area contributed by atoms with Crippen LogP contribution in [-0.4, -0.2) is 29.9 Å². The van der Waals surface area contributed by atoms with E-state index in [9.17, 15) is 14.0 Å². The van der Waals surface area contributed by atoms with Gasteiger partial charge >= 0.3 is 0 Å². The van der Waals surface area contributed by atoms with Gasteiger partial charge < -0.3 is 15.0 Å². The number of fused-ring (bicyclic) bond motifs is 1. The van der Waals surface area contributed by atoms with Crippen molar-refractivity contribution in [3.05, 3.63) is 94.8 Å². The number of amides is 2. The number of hydrogen-bond acceptors (Lipinski definition) is 3. The Morgan fingerprint density at radius 1 is 1.09 bits per heavy atom. The predicted molar refractivity (Wildman–Crippen MR) is 135 cm³/mol. The Morgan fingerprint density at radius 3 is 2.63 bits per heavy atom. The fourth-order valence-corrected chi connectivity index (χ4v) is 4.52. The molecule has 0 aliphatic carbocycles. The number of nitrogens with zero attached hydrogens (tertiary/aromatic N) is 1. The van der Waals surface area contributed by atoms with Gasteiger partial charge in [-0.25, -0.2) is 4.39 Å². The van der Waals surface area contributed by atoms with E-state index < -0.39 is 6.04 Å². The molecule has 0 saturated carbocycles. The van der Waals surface area contributed by atoms with Gasteiger partial charge in [-0.1, -0.05) is 44.2 Å². The van der Waals surface area contributed by atoms with Crippen LogP contribution in [0.15, 0.2) is 66.7 Å². The molecule has 1 unspecified atom stereocenters. The van der Waals surface area contributed by atoms with Crippen LogP contribution in [0.2, 0.25) is 0 Å². The normalized spacial score (nSPS) is 15.0. The summed E-state index contributed by atoms with van der Waals surface area (Å²) in [6, 6.07) is 19.2. The topological polar surface area (TPSA) is 58.6 Å². The molecule has 0 aromatic heterocycles. The van der Waals surface area contributed by atoms with Gasteiger partial charge in [-0.3, -0.25) is 9.59 Å². The fourth-order valence-electron chi connectivity index (χ4n) is 4.52. The van der Waals surface area contributed by atoms with Crippen LogP contribution in [0.5, 0.6) is 5.75 Å². The van der Waals surface area contributed by atoms with Crippen molar-refractivity contribution in [2.45, 2.75) is 39.7 Å². The van der Waals surface area contributed by atoms with Gasteiger partial charge in [0.15, 0.2) is 6.61 Å². The van der Waals surface area contributed by atoms with Crippen molar-refractivity contribution in [2.75, 3.05) is 18.5 Å². The Hall–Kier alpha value is -3.67. The fraction of sp³-hybridized carbons (Fsp3) is 0.310. The number of rotatable bonds is 7. The first-order valence-corrected chi connectivity index (χ1v) is 12.0. The highest BCUT2D eigenvalue weighted by Crippen LogP contribution is 2.38. The molecule has 35 heavy (non-hydrogen) atoms. The first kappa shape index (κ1) is 24.5. The van der Waals surface area contributed by atoms with Gasteiger partial charge in [0.25, 0.3) is 5.91 Å². The number of ether oxygens (including phenoxy) is 1. The first-order chi connectivity index (χ1) is 16.8. The van der Waals surface area contributed by atoms with Crippen molar-refractivity contribution in [3.63, 3.8) is 0 Å². The highest BCUT2D eigenvalue weighted by molar-refractivity contribution is 5.91. The summed E-state index contributed by atoms with van der Waals surface area (Å²) in [6.07, 6.45) is 1.13. The molecule has 5 nitrogen and oxygen atoms in total. The zero-order chi connectivity index (χ0) is 24.9. The molecule has 1 aliphatic rings. The molecule has 0 saturated heterocycles. The minimum atomic E-state index is -0.412. The lowest BCUT2D eigenvalue weighted by atomic mass is 9.87. The maximum Gasteiger partial charge on any atom is 0.262 e. The maximum absolute atomic E-state index is 14.2. The van der Waals surface area contributed by atoms with Crippen molar-refractivity contribution in [1.29, 1.82) is 0 Å². The van der Waals surface area contributed by atoms with Gasteiger partial charge in [0.05, 0.1) is 6.04 Å². The lowest BCUT2D eigenvalue weighted by Crippen LogP contribution is -2.41. The molecule has 1 atom stereocenters. The van der Waals surface area contributed by atoms with E-state index in [-0.39, 0.29) is 30.2 Å². The molecule has 0 fully saturated rings. The van der Waals surface area contributed by atoms with Crippen molar-refractivity contribution in [1.82, 2.24) is 4.90 Å². The Morgan fingerprint density at radius 2 is 1.89 bits per heavy atom. The highest BCUT2D eigenvalue weighted by atomic mass is 19.1. The Kier molecular flexibility index (Phi) is 7.49. The average molecular weight is 475 g/mol. The molecule has 2 amide bonds. The van der Waals surface area contributed by atoms with E-state index in [1.165, 1.54) is 12.1 Å². The van der Waals surface area contributed by atoms with E-state index in [0.717, 1.165) is 27.9 Å². The van der Waals surface area contributed by atoms with Gasteiger partial charge in [0.1, 0.15) is 11.6 Å². The number of halogens is 1. The molecule has 4 rings (SSSR count). The summed E-state index contributed by atoms with van der Waals surface area (Å²) in [5, 5.41) is 2.84. The Labute approximate surface area is 205 Å². The summed E-state index contributed by atoms with van der Waals surface area (Å²) < 4.78 is 20.0. The number of carbonyl (C=O) groups excluding carboxylic acids is 2. The molecule has 3 aromatic rings. The third-order valence-corrected chi connectivity index (χ3v) is 6.09. The smallest absolute Gasteiger partial charge is 0.262 e. The van der Waals surface area contributed by atoms with Crippen LogP contribution in [-0.2, 0) is 16.0 Å². The van der Waals surface area contributed by atoms with Gasteiger partial charge in [0.2, 0.25) is 5.91 Å². The number of nitrogens with one attached hydrogen (secondary N) is 1. The lowest BCUT2D eigenvalue weighted by molar-refractivity contribution is -0.134. The van der Waals surface area contributed by atoms with Crippen molar-refractivity contribution < 1.29 is 18.7 Å². The number of aryl methyl sites for hydroxylation is 1. The van der Waals surface area contributed by atoms with Gasteiger partial charge in [0, 0.05) is 18.7 Å². The van der Waals surface area contributed by atoms with Crippen molar-refractivity contribution in [3.8, 4) is 5.75 Å². The highest BCUT2D eigenvalue weighted by Gasteiger charge is 2.32. The minimum absolute atomic E-state index is 0.0452. The Bertz CT molecular complexity index is 1220. The van der Waals surface area contributed by atoms with Crippen LogP contribution in [0.3, 0.4) is 0 Å². The summed E-state index contributed by atoms with van der Waals surface area (Å²) in [5.41, 5.74) is 4.48. The summed E-state index contributed by atoms with van der Waals surface area (Å²) in [7, 11) is 0. The summed E-state index contributed by atoms with van der Waals surface area (Å²) in [4.78, 5) is 27.4. The largest absolute Gasteiger partial charge is 0.484 e. The summed E-state index contributed by atoms with van der Waals surface area (Å²) in [6.45, 7) is 6.41. The number of anilines is 1. The molecule has 0 bridgehead atoms. The van der Waals surface area contributed by atoms with Crippen LogP contribution in [0.25, 0.3) is 0 Å². The van der Waals surface area contributed by atoms with E-state index in [2.05, 4.69) is 5.32 Å². The van der Waals surface area contributed by atoms with Crippen LogP contribution in [0.4, 0.5) is 10.1 Å². The van der Waals surface area contributed by atoms with E-state index in [1.807, 2.05) is 74.2 Å². The average Bonchev–Trinajstić information content (AvgIpc) is 2.81. The van der Waals surface area contributed by atoms with Crippen LogP contribution >= 0.6 is 0 Å². The first-order valence-electron chi connectivity index (χ1n) is 12.0. The van der Waals surface area contributed by atoms with Gasteiger partial charge in [-0.2, -0.15) is 0 Å². The number of benzene rings is 3. The van der Waals surface area contributed by atoms with E-state index >= 15 is 0 Å². The standard InChI is InChI=1S/C29H31FN2O3/c1-19(2)14-28(34)32-13-12-21-10-11-25(17-26(21)29(32)22-7-5-8-23(30)16-22)35-18-27(33)31-24-9-4-6-20(3)15-24/h4-11,15-17,19,29H,12-14,18H2,1-3H3,(H,31,33). The molecule has 182 valence electrons. The molecule has 1 heterocycles. The van der Waals surface area contributed by atoms with E-state index in [0.29, 0.717) is 25.1 Å². The quantitative estimate of drug-likeness (QED) is 0.480. The van der Waals surface area contributed by atoms with E-state index in [4.69, 9.17) is 4.74 Å². The summed E-state index contributed by atoms with van der Waals surface area (Å²) in [5.74, 6) is 0.194. The van der Waals surface area contributed by atoms with Crippen LogP contribution < -0.4 is 10.1 Å². The minimum Gasteiger partial charge on any atom is -0.484 e. The molecule has 3 aromatic carbocycles. The summed E-state index contributed by atoms with van der Waals surface area (Å²) >= 11 is 0. The second-order valence-electron chi connectivity index (χ2n) is 9.46. The molecule has 0 spiro atoms. The second kappa shape index (κ2) is 10.7. The van der Waals surface area contributed by atoms with Gasteiger partial charge in [-0.15, -0.1) is 0 Å². The molecular weight excluding hydrogens is 443 g/mol. The SMILES string of the molecule is Cc1cccc(NC(=O)COc2ccc3c(c2)C(c2cccc(F)c2)N(C(=O)CC(C)C)CC3)c1. The third kappa shape index (κ3) is 6.07. The molecule has 1 N–H and O–H groups in total. The predicted octanol–water partition coefficient (Wildman–Crippen LogP) is 5.67. The van der Waals surface area contributed by atoms with E-state index in [1.54, 1.807) is 6.07 Å². The zero-order valence-electron chi connectivity index (χ0n) is 20.4. The third-order valence-electron chi connectivity index (χ3n) is 6.09. The lowest BCUT2D eigenvalue weighted by Gasteiger charge is -2.38. The second-order valence-corrected chi connectivity index (χ2v) is 9.46.